The smallest absolute Gasteiger partial charge is 0.229 e. The van der Waals surface area contributed by atoms with Gasteiger partial charge in [-0.3, -0.25) is 10.1 Å². The first-order valence-corrected chi connectivity index (χ1v) is 9.89. The van der Waals surface area contributed by atoms with Gasteiger partial charge >= 0.3 is 0 Å². The van der Waals surface area contributed by atoms with Crippen LogP contribution in [0.15, 0.2) is 36.9 Å². The Kier molecular flexibility index (Phi) is 4.53. The molecule has 9 nitrogen and oxygen atoms in total. The van der Waals surface area contributed by atoms with E-state index in [0.29, 0.717) is 23.2 Å². The molecule has 30 heavy (non-hydrogen) atoms. The van der Waals surface area contributed by atoms with Crippen LogP contribution in [-0.2, 0) is 13.0 Å². The van der Waals surface area contributed by atoms with E-state index in [1.165, 1.54) is 11.3 Å². The van der Waals surface area contributed by atoms with Gasteiger partial charge < -0.3 is 10.2 Å². The molecule has 1 aliphatic heterocycles. The largest absolute Gasteiger partial charge is 0.350 e. The molecule has 0 saturated heterocycles. The number of H-pyrrole nitrogens is 1. The molecule has 0 spiro atoms. The Hall–Kier alpha value is -3.91. The van der Waals surface area contributed by atoms with E-state index in [4.69, 9.17) is 10.2 Å². The highest BCUT2D eigenvalue weighted by Crippen LogP contribution is 2.39. The molecule has 1 aliphatic rings. The molecule has 0 aromatic carbocycles. The fourth-order valence-corrected chi connectivity index (χ4v) is 4.20. The van der Waals surface area contributed by atoms with Crippen molar-refractivity contribution < 1.29 is 4.39 Å². The van der Waals surface area contributed by atoms with E-state index >= 15 is 0 Å². The van der Waals surface area contributed by atoms with Crippen LogP contribution in [0.1, 0.15) is 16.1 Å². The fraction of sp³-hybridized carbons (Fsp3) is 0.158. The number of thiazole rings is 1. The van der Waals surface area contributed by atoms with Crippen LogP contribution >= 0.6 is 11.3 Å². The number of rotatable bonds is 4. The van der Waals surface area contributed by atoms with Gasteiger partial charge in [0.05, 0.1) is 47.7 Å². The highest BCUT2D eigenvalue weighted by molar-refractivity contribution is 7.16. The molecule has 0 fully saturated rings. The van der Waals surface area contributed by atoms with E-state index < -0.39 is 5.82 Å². The predicted molar refractivity (Wildman–Crippen MR) is 109 cm³/mol. The van der Waals surface area contributed by atoms with Gasteiger partial charge in [-0.2, -0.15) is 10.4 Å². The summed E-state index contributed by atoms with van der Waals surface area (Å²) in [5.41, 5.74) is 3.15. The van der Waals surface area contributed by atoms with Crippen molar-refractivity contribution in [2.45, 2.75) is 13.0 Å². The van der Waals surface area contributed by atoms with Crippen LogP contribution in [0.2, 0.25) is 0 Å². The zero-order valence-corrected chi connectivity index (χ0v) is 16.3. The molecular formula is C19H14FN9S. The zero-order valence-electron chi connectivity index (χ0n) is 15.5. The Balaban J connectivity index is 1.41. The maximum absolute atomic E-state index is 13.0. The minimum Gasteiger partial charge on any atom is -0.350 e. The van der Waals surface area contributed by atoms with Crippen molar-refractivity contribution in [3.8, 4) is 17.3 Å². The van der Waals surface area contributed by atoms with Gasteiger partial charge in [-0.15, -0.1) is 11.3 Å². The second kappa shape index (κ2) is 7.49. The Labute approximate surface area is 174 Å². The van der Waals surface area contributed by atoms with E-state index in [-0.39, 0.29) is 0 Å². The van der Waals surface area contributed by atoms with Crippen LogP contribution < -0.4 is 10.2 Å². The molecule has 0 radical (unpaired) electrons. The summed E-state index contributed by atoms with van der Waals surface area (Å²) in [6, 6.07) is 5.71. The molecule has 0 bridgehead atoms. The lowest BCUT2D eigenvalue weighted by atomic mass is 10.2. The average Bonchev–Trinajstić information content (AvgIpc) is 3.37. The van der Waals surface area contributed by atoms with Crippen LogP contribution in [0, 0.1) is 17.1 Å². The van der Waals surface area contributed by atoms with Crippen LogP contribution in [0.5, 0.6) is 0 Å². The number of hydrogen-bond acceptors (Lipinski definition) is 9. The Morgan fingerprint density at radius 3 is 2.83 bits per heavy atom. The summed E-state index contributed by atoms with van der Waals surface area (Å²) >= 11 is 1.51. The SMILES string of the molecule is N#Cc1ccc(CN2CCc3sc(Nc4ncc(F)cn4)nc3-c3cn[nH]c32)nc1. The summed E-state index contributed by atoms with van der Waals surface area (Å²) in [7, 11) is 0. The maximum Gasteiger partial charge on any atom is 0.229 e. The van der Waals surface area contributed by atoms with Crippen LogP contribution in [0.3, 0.4) is 0 Å². The van der Waals surface area contributed by atoms with Gasteiger partial charge in [0.1, 0.15) is 11.9 Å². The summed E-state index contributed by atoms with van der Waals surface area (Å²) < 4.78 is 13.0. The van der Waals surface area contributed by atoms with Crippen LogP contribution in [0.4, 0.5) is 21.3 Å². The molecule has 0 amide bonds. The molecule has 5 heterocycles. The predicted octanol–water partition coefficient (Wildman–Crippen LogP) is 3.04. The molecule has 0 unspecified atom stereocenters. The fourth-order valence-electron chi connectivity index (χ4n) is 3.24. The molecular weight excluding hydrogens is 405 g/mol. The number of aromatic amines is 1. The zero-order chi connectivity index (χ0) is 20.5. The van der Waals surface area contributed by atoms with Crippen LogP contribution in [0.25, 0.3) is 11.3 Å². The third-order valence-corrected chi connectivity index (χ3v) is 5.67. The molecule has 2 N–H and O–H groups in total. The number of nitrogens with one attached hydrogen (secondary N) is 2. The molecule has 5 rings (SSSR count). The van der Waals surface area contributed by atoms with Crippen molar-refractivity contribution >= 4 is 28.2 Å². The van der Waals surface area contributed by atoms with Crippen molar-refractivity contribution in [1.29, 1.82) is 5.26 Å². The minimum absolute atomic E-state index is 0.293. The highest BCUT2D eigenvalue weighted by Gasteiger charge is 2.25. The first-order valence-electron chi connectivity index (χ1n) is 9.07. The molecule has 11 heteroatoms. The number of pyridine rings is 1. The van der Waals surface area contributed by atoms with E-state index in [2.05, 4.69) is 41.4 Å². The number of halogens is 1. The third-order valence-electron chi connectivity index (χ3n) is 4.64. The van der Waals surface area contributed by atoms with Crippen molar-refractivity contribution in [3.63, 3.8) is 0 Å². The Morgan fingerprint density at radius 1 is 1.20 bits per heavy atom. The first kappa shape index (κ1) is 18.1. The lowest BCUT2D eigenvalue weighted by Crippen LogP contribution is -2.25. The number of nitriles is 1. The second-order valence-corrected chi connectivity index (χ2v) is 7.68. The van der Waals surface area contributed by atoms with Crippen molar-refractivity contribution in [3.05, 3.63) is 58.9 Å². The summed E-state index contributed by atoms with van der Waals surface area (Å²) in [5, 5.41) is 19.9. The van der Waals surface area contributed by atoms with Gasteiger partial charge in [0.2, 0.25) is 5.95 Å². The number of anilines is 3. The lowest BCUT2D eigenvalue weighted by Gasteiger charge is -2.21. The average molecular weight is 419 g/mol. The molecule has 4 aromatic heterocycles. The van der Waals surface area contributed by atoms with Crippen molar-refractivity contribution in [1.82, 2.24) is 30.1 Å². The Bertz CT molecular complexity index is 1220. The van der Waals surface area contributed by atoms with Crippen molar-refractivity contribution in [2.24, 2.45) is 0 Å². The number of hydrogen-bond donors (Lipinski definition) is 2. The molecule has 0 aliphatic carbocycles. The number of nitrogens with zero attached hydrogens (tertiary/aromatic N) is 7. The van der Waals surface area contributed by atoms with E-state index in [0.717, 1.165) is 53.0 Å². The molecule has 148 valence electrons. The van der Waals surface area contributed by atoms with Crippen LogP contribution in [-0.4, -0.2) is 36.7 Å². The van der Waals surface area contributed by atoms with Gasteiger partial charge in [0, 0.05) is 24.0 Å². The molecule has 4 aromatic rings. The van der Waals surface area contributed by atoms with E-state index in [1.807, 2.05) is 6.07 Å². The van der Waals surface area contributed by atoms with E-state index in [1.54, 1.807) is 18.5 Å². The number of fused-ring (bicyclic) bond motifs is 3. The molecule has 0 atom stereocenters. The summed E-state index contributed by atoms with van der Waals surface area (Å²) in [6.07, 6.45) is 6.34. The highest BCUT2D eigenvalue weighted by atomic mass is 32.1. The quantitative estimate of drug-likeness (QED) is 0.518. The topological polar surface area (TPSA) is 119 Å². The summed E-state index contributed by atoms with van der Waals surface area (Å²) in [6.45, 7) is 1.34. The first-order chi connectivity index (χ1) is 14.7. The van der Waals surface area contributed by atoms with Gasteiger partial charge in [0.15, 0.2) is 10.9 Å². The monoisotopic (exact) mass is 419 g/mol. The van der Waals surface area contributed by atoms with Crippen molar-refractivity contribution in [2.75, 3.05) is 16.8 Å². The summed E-state index contributed by atoms with van der Waals surface area (Å²) in [5.74, 6) is 0.673. The van der Waals surface area contributed by atoms with E-state index in [9.17, 15) is 4.39 Å². The minimum atomic E-state index is -0.490. The summed E-state index contributed by atoms with van der Waals surface area (Å²) in [4.78, 5) is 20.2. The number of aromatic nitrogens is 6. The van der Waals surface area contributed by atoms with Gasteiger partial charge in [-0.05, 0) is 12.1 Å². The molecule has 0 saturated carbocycles. The van der Waals surface area contributed by atoms with Gasteiger partial charge in [-0.1, -0.05) is 0 Å². The second-order valence-electron chi connectivity index (χ2n) is 6.59. The maximum atomic E-state index is 13.0. The normalized spacial score (nSPS) is 12.6. The standard InChI is InChI=1S/C19H14FN9S/c20-12-7-23-18(24-8-12)27-19-26-16-14-9-25-28-17(14)29(4-3-15(16)30-19)10-13-2-1-11(5-21)6-22-13/h1-2,6-9H,3-4,10H2,(H,25,28)(H,23,24,26,27). The van der Waals surface area contributed by atoms with Gasteiger partial charge in [-0.25, -0.2) is 19.3 Å². The van der Waals surface area contributed by atoms with Gasteiger partial charge in [0.25, 0.3) is 0 Å². The Morgan fingerprint density at radius 2 is 2.07 bits per heavy atom. The third kappa shape index (κ3) is 3.44. The lowest BCUT2D eigenvalue weighted by molar-refractivity contribution is 0.614.